The van der Waals surface area contributed by atoms with Gasteiger partial charge >= 0.3 is 0 Å². The summed E-state index contributed by atoms with van der Waals surface area (Å²) in [6, 6.07) is 1.76. The second-order valence-corrected chi connectivity index (χ2v) is 5.72. The van der Waals surface area contributed by atoms with Crippen LogP contribution in [-0.2, 0) is 16.1 Å². The number of nitrogens with zero attached hydrogens (tertiary/aromatic N) is 2. The Morgan fingerprint density at radius 1 is 1.60 bits per heavy atom. The maximum Gasteiger partial charge on any atom is 0.241 e. The second kappa shape index (κ2) is 5.46. The van der Waals surface area contributed by atoms with Crippen molar-refractivity contribution < 1.29 is 9.53 Å². The number of ether oxygens (including phenoxy) is 1. The van der Waals surface area contributed by atoms with Crippen molar-refractivity contribution in [1.82, 2.24) is 15.3 Å². The topological polar surface area (TPSA) is 90.1 Å². The van der Waals surface area contributed by atoms with Gasteiger partial charge in [0.1, 0.15) is 11.9 Å². The van der Waals surface area contributed by atoms with Crippen LogP contribution in [-0.4, -0.2) is 34.1 Å². The lowest BCUT2D eigenvalue weighted by Gasteiger charge is -2.57. The SMILES string of the molecule is CCOC1CC(N)(C(=O)NCc2ccncn2)C1(C)C. The maximum atomic E-state index is 12.4. The summed E-state index contributed by atoms with van der Waals surface area (Å²) < 4.78 is 5.62. The first-order chi connectivity index (χ1) is 9.41. The zero-order valence-electron chi connectivity index (χ0n) is 12.2. The van der Waals surface area contributed by atoms with Crippen molar-refractivity contribution >= 4 is 5.91 Å². The van der Waals surface area contributed by atoms with Gasteiger partial charge in [-0.25, -0.2) is 9.97 Å². The van der Waals surface area contributed by atoms with Crippen LogP contribution >= 0.6 is 0 Å². The van der Waals surface area contributed by atoms with Crippen molar-refractivity contribution in [2.24, 2.45) is 11.1 Å². The number of carbonyl (C=O) groups excluding carboxylic acids is 1. The van der Waals surface area contributed by atoms with Crippen LogP contribution in [0.5, 0.6) is 0 Å². The van der Waals surface area contributed by atoms with Gasteiger partial charge in [0, 0.05) is 24.6 Å². The van der Waals surface area contributed by atoms with Crippen LogP contribution in [0, 0.1) is 5.41 Å². The summed E-state index contributed by atoms with van der Waals surface area (Å²) >= 11 is 0. The molecule has 1 fully saturated rings. The van der Waals surface area contributed by atoms with Crippen LogP contribution < -0.4 is 11.1 Å². The lowest BCUT2D eigenvalue weighted by molar-refractivity contribution is -0.170. The Hall–Kier alpha value is -1.53. The largest absolute Gasteiger partial charge is 0.378 e. The van der Waals surface area contributed by atoms with Crippen LogP contribution in [0.25, 0.3) is 0 Å². The van der Waals surface area contributed by atoms with Crippen LogP contribution in [0.4, 0.5) is 0 Å². The lowest BCUT2D eigenvalue weighted by Crippen LogP contribution is -2.75. The van der Waals surface area contributed by atoms with E-state index in [4.69, 9.17) is 10.5 Å². The molecule has 0 saturated heterocycles. The molecule has 1 saturated carbocycles. The number of hydrogen-bond acceptors (Lipinski definition) is 5. The summed E-state index contributed by atoms with van der Waals surface area (Å²) in [5.74, 6) is -0.155. The van der Waals surface area contributed by atoms with E-state index in [1.807, 2.05) is 20.8 Å². The molecule has 1 aromatic rings. The second-order valence-electron chi connectivity index (χ2n) is 5.72. The molecule has 1 aromatic heterocycles. The van der Waals surface area contributed by atoms with Gasteiger partial charge in [-0.1, -0.05) is 13.8 Å². The van der Waals surface area contributed by atoms with Gasteiger partial charge in [-0.15, -0.1) is 0 Å². The van der Waals surface area contributed by atoms with Crippen LogP contribution in [0.1, 0.15) is 32.9 Å². The van der Waals surface area contributed by atoms with Crippen molar-refractivity contribution in [2.45, 2.75) is 45.4 Å². The van der Waals surface area contributed by atoms with Crippen molar-refractivity contribution in [3.63, 3.8) is 0 Å². The molecule has 1 heterocycles. The highest BCUT2D eigenvalue weighted by atomic mass is 16.5. The molecule has 0 aliphatic heterocycles. The quantitative estimate of drug-likeness (QED) is 0.824. The minimum absolute atomic E-state index is 0.0299. The Morgan fingerprint density at radius 2 is 2.35 bits per heavy atom. The van der Waals surface area contributed by atoms with Gasteiger partial charge in [0.15, 0.2) is 0 Å². The fourth-order valence-corrected chi connectivity index (χ4v) is 2.57. The van der Waals surface area contributed by atoms with E-state index in [0.29, 0.717) is 19.6 Å². The van der Waals surface area contributed by atoms with E-state index in [1.165, 1.54) is 6.33 Å². The fourth-order valence-electron chi connectivity index (χ4n) is 2.57. The molecule has 6 nitrogen and oxygen atoms in total. The molecular weight excluding hydrogens is 256 g/mol. The Morgan fingerprint density at radius 3 is 2.90 bits per heavy atom. The number of nitrogens with one attached hydrogen (secondary N) is 1. The smallest absolute Gasteiger partial charge is 0.241 e. The number of aromatic nitrogens is 2. The highest BCUT2D eigenvalue weighted by molar-refractivity contribution is 5.88. The lowest BCUT2D eigenvalue weighted by atomic mass is 9.54. The Labute approximate surface area is 119 Å². The fraction of sp³-hybridized carbons (Fsp3) is 0.643. The summed E-state index contributed by atoms with van der Waals surface area (Å²) in [4.78, 5) is 20.3. The molecule has 1 aliphatic carbocycles. The summed E-state index contributed by atoms with van der Waals surface area (Å²) in [6.45, 7) is 6.88. The van der Waals surface area contributed by atoms with Crippen molar-refractivity contribution in [2.75, 3.05) is 6.61 Å². The minimum Gasteiger partial charge on any atom is -0.378 e. The highest BCUT2D eigenvalue weighted by Gasteiger charge is 2.62. The first-order valence-corrected chi connectivity index (χ1v) is 6.85. The molecular formula is C14H22N4O2. The van der Waals surface area contributed by atoms with Crippen LogP contribution in [0.15, 0.2) is 18.6 Å². The predicted molar refractivity (Wildman–Crippen MR) is 74.6 cm³/mol. The van der Waals surface area contributed by atoms with Crippen molar-refractivity contribution in [3.8, 4) is 0 Å². The molecule has 0 radical (unpaired) electrons. The zero-order valence-corrected chi connectivity index (χ0v) is 12.2. The minimum atomic E-state index is -0.889. The number of carbonyl (C=O) groups is 1. The van der Waals surface area contributed by atoms with Gasteiger partial charge in [0.25, 0.3) is 0 Å². The molecule has 2 atom stereocenters. The van der Waals surface area contributed by atoms with Crippen LogP contribution in [0.3, 0.4) is 0 Å². The zero-order chi connectivity index (χ0) is 14.8. The van der Waals surface area contributed by atoms with E-state index in [0.717, 1.165) is 5.69 Å². The Kier molecular flexibility index (Phi) is 4.06. The van der Waals surface area contributed by atoms with E-state index in [9.17, 15) is 4.79 Å². The number of rotatable bonds is 5. The third kappa shape index (κ3) is 2.41. The third-order valence-corrected chi connectivity index (χ3v) is 4.31. The summed E-state index contributed by atoms with van der Waals surface area (Å²) in [5.41, 5.74) is 5.78. The van der Waals surface area contributed by atoms with Crippen molar-refractivity contribution in [3.05, 3.63) is 24.3 Å². The standard InChI is InChI=1S/C14H22N4O2/c1-4-20-11-7-14(15,13(11,2)3)12(19)17-8-10-5-6-16-9-18-10/h5-6,9,11H,4,7-8,15H2,1-3H3,(H,17,19). The normalized spacial score (nSPS) is 27.7. The van der Waals surface area contributed by atoms with E-state index in [-0.39, 0.29) is 17.4 Å². The van der Waals surface area contributed by atoms with Gasteiger partial charge in [-0.05, 0) is 13.0 Å². The molecule has 1 aliphatic rings. The highest BCUT2D eigenvalue weighted by Crippen LogP contribution is 2.49. The first kappa shape index (κ1) is 14.9. The molecule has 6 heteroatoms. The van der Waals surface area contributed by atoms with E-state index in [1.54, 1.807) is 12.3 Å². The van der Waals surface area contributed by atoms with Gasteiger partial charge < -0.3 is 15.8 Å². The number of hydrogen-bond donors (Lipinski definition) is 2. The van der Waals surface area contributed by atoms with E-state index < -0.39 is 5.54 Å². The molecule has 0 spiro atoms. The average Bonchev–Trinajstić information content (AvgIpc) is 2.45. The molecule has 3 N–H and O–H groups in total. The Balaban J connectivity index is 1.96. The third-order valence-electron chi connectivity index (χ3n) is 4.31. The molecule has 110 valence electrons. The monoisotopic (exact) mass is 278 g/mol. The van der Waals surface area contributed by atoms with E-state index in [2.05, 4.69) is 15.3 Å². The Bertz CT molecular complexity index is 477. The summed E-state index contributed by atoms with van der Waals surface area (Å²) in [7, 11) is 0. The first-order valence-electron chi connectivity index (χ1n) is 6.85. The number of amides is 1. The predicted octanol–water partition coefficient (Wildman–Crippen LogP) is 0.625. The van der Waals surface area contributed by atoms with Crippen molar-refractivity contribution in [1.29, 1.82) is 0 Å². The van der Waals surface area contributed by atoms with Gasteiger partial charge in [-0.3, -0.25) is 4.79 Å². The number of nitrogens with two attached hydrogens (primary N) is 1. The van der Waals surface area contributed by atoms with Gasteiger partial charge in [0.05, 0.1) is 18.3 Å². The van der Waals surface area contributed by atoms with Gasteiger partial charge in [0.2, 0.25) is 5.91 Å². The molecule has 2 rings (SSSR count). The molecule has 2 unspecified atom stereocenters. The molecule has 0 aromatic carbocycles. The molecule has 0 bridgehead atoms. The van der Waals surface area contributed by atoms with Crippen LogP contribution in [0.2, 0.25) is 0 Å². The van der Waals surface area contributed by atoms with Gasteiger partial charge in [-0.2, -0.15) is 0 Å². The molecule has 20 heavy (non-hydrogen) atoms. The summed E-state index contributed by atoms with van der Waals surface area (Å²) in [6.07, 6.45) is 3.68. The summed E-state index contributed by atoms with van der Waals surface area (Å²) in [5, 5.41) is 2.85. The molecule has 1 amide bonds. The maximum absolute atomic E-state index is 12.4. The van der Waals surface area contributed by atoms with E-state index >= 15 is 0 Å². The average molecular weight is 278 g/mol.